The fourth-order valence-corrected chi connectivity index (χ4v) is 1.74. The number of hydrazine groups is 2. The number of carbonyl (C=O) groups is 4. The van der Waals surface area contributed by atoms with Gasteiger partial charge in [-0.2, -0.15) is 0 Å². The Kier molecular flexibility index (Phi) is 6.83. The first kappa shape index (κ1) is 19.1. The number of hydrogen-bond donors (Lipinski definition) is 6. The standard InChI is InChI=1S/C14H20N6O4/c1-7(11(21)19-15)17-13(23)9-4-3-5-10(6-9)14(24)18-8(2)12(22)20-16/h3-8H,15-16H2,1-2H3,(H,17,23)(H,18,24)(H,19,21)(H,20,22)/t7-,8-/m0/s1. The number of hydrogen-bond acceptors (Lipinski definition) is 6. The van der Waals surface area contributed by atoms with Crippen LogP contribution in [-0.4, -0.2) is 35.7 Å². The zero-order valence-electron chi connectivity index (χ0n) is 13.3. The molecule has 0 heterocycles. The Morgan fingerprint density at radius 2 is 1.21 bits per heavy atom. The van der Waals surface area contributed by atoms with E-state index in [1.165, 1.54) is 38.1 Å². The molecule has 8 N–H and O–H groups in total. The Balaban J connectivity index is 2.82. The zero-order chi connectivity index (χ0) is 18.3. The van der Waals surface area contributed by atoms with Gasteiger partial charge in [-0.05, 0) is 32.0 Å². The van der Waals surface area contributed by atoms with Gasteiger partial charge in [0.25, 0.3) is 23.6 Å². The average Bonchev–Trinajstić information content (AvgIpc) is 2.59. The van der Waals surface area contributed by atoms with Gasteiger partial charge in [0.05, 0.1) is 0 Å². The summed E-state index contributed by atoms with van der Waals surface area (Å²) in [5.74, 6) is 7.77. The number of benzene rings is 1. The smallest absolute Gasteiger partial charge is 0.256 e. The summed E-state index contributed by atoms with van der Waals surface area (Å²) in [5.41, 5.74) is 4.20. The third-order valence-corrected chi connectivity index (χ3v) is 3.15. The van der Waals surface area contributed by atoms with Crippen molar-refractivity contribution in [2.24, 2.45) is 11.7 Å². The van der Waals surface area contributed by atoms with Crippen LogP contribution >= 0.6 is 0 Å². The maximum atomic E-state index is 12.1. The highest BCUT2D eigenvalue weighted by atomic mass is 16.2. The molecule has 0 bridgehead atoms. The Bertz CT molecular complexity index is 597. The van der Waals surface area contributed by atoms with E-state index in [9.17, 15) is 19.2 Å². The van der Waals surface area contributed by atoms with Crippen LogP contribution in [0, 0.1) is 0 Å². The molecule has 24 heavy (non-hydrogen) atoms. The molecule has 1 rings (SSSR count). The molecule has 10 nitrogen and oxygen atoms in total. The lowest BCUT2D eigenvalue weighted by atomic mass is 10.1. The Hall–Kier alpha value is -2.98. The van der Waals surface area contributed by atoms with Crippen LogP contribution in [0.1, 0.15) is 34.6 Å². The highest BCUT2D eigenvalue weighted by molar-refractivity contribution is 6.02. The number of nitrogens with two attached hydrogens (primary N) is 2. The first-order valence-electron chi connectivity index (χ1n) is 7.02. The van der Waals surface area contributed by atoms with Crippen molar-refractivity contribution in [1.82, 2.24) is 21.5 Å². The van der Waals surface area contributed by atoms with E-state index >= 15 is 0 Å². The normalized spacial score (nSPS) is 12.5. The predicted octanol–water partition coefficient (Wildman–Crippen LogP) is -2.10. The van der Waals surface area contributed by atoms with Gasteiger partial charge in [0.15, 0.2) is 0 Å². The predicted molar refractivity (Wildman–Crippen MR) is 85.0 cm³/mol. The van der Waals surface area contributed by atoms with Crippen molar-refractivity contribution in [3.8, 4) is 0 Å². The maximum Gasteiger partial charge on any atom is 0.256 e. The second kappa shape index (κ2) is 8.60. The molecular weight excluding hydrogens is 316 g/mol. The fraction of sp³-hybridized carbons (Fsp3) is 0.286. The highest BCUT2D eigenvalue weighted by Gasteiger charge is 2.18. The summed E-state index contributed by atoms with van der Waals surface area (Å²) >= 11 is 0. The molecule has 0 aliphatic rings. The van der Waals surface area contributed by atoms with Gasteiger partial charge in [0.2, 0.25) is 0 Å². The molecule has 0 saturated heterocycles. The summed E-state index contributed by atoms with van der Waals surface area (Å²) in [6, 6.07) is 4.13. The molecule has 1 aromatic carbocycles. The molecule has 10 heteroatoms. The molecule has 0 aliphatic heterocycles. The van der Waals surface area contributed by atoms with E-state index in [-0.39, 0.29) is 11.1 Å². The molecule has 0 unspecified atom stereocenters. The van der Waals surface area contributed by atoms with Gasteiger partial charge in [-0.3, -0.25) is 30.0 Å². The van der Waals surface area contributed by atoms with Gasteiger partial charge in [-0.15, -0.1) is 0 Å². The molecule has 130 valence electrons. The van der Waals surface area contributed by atoms with Crippen LogP contribution in [0.25, 0.3) is 0 Å². The van der Waals surface area contributed by atoms with E-state index in [1.54, 1.807) is 0 Å². The molecule has 2 atom stereocenters. The van der Waals surface area contributed by atoms with Gasteiger partial charge >= 0.3 is 0 Å². The van der Waals surface area contributed by atoms with Gasteiger partial charge < -0.3 is 10.6 Å². The number of carbonyl (C=O) groups excluding carboxylic acids is 4. The van der Waals surface area contributed by atoms with Gasteiger partial charge in [-0.1, -0.05) is 6.07 Å². The van der Waals surface area contributed by atoms with Crippen LogP contribution < -0.4 is 33.2 Å². The van der Waals surface area contributed by atoms with E-state index in [2.05, 4.69) is 10.6 Å². The quantitative estimate of drug-likeness (QED) is 0.198. The van der Waals surface area contributed by atoms with Crippen molar-refractivity contribution in [3.63, 3.8) is 0 Å². The third kappa shape index (κ3) is 5.04. The summed E-state index contributed by atoms with van der Waals surface area (Å²) in [5, 5.41) is 4.88. The second-order valence-electron chi connectivity index (χ2n) is 4.99. The second-order valence-corrected chi connectivity index (χ2v) is 4.99. The molecule has 0 fully saturated rings. The maximum absolute atomic E-state index is 12.1. The minimum Gasteiger partial charge on any atom is -0.340 e. The number of rotatable bonds is 6. The highest BCUT2D eigenvalue weighted by Crippen LogP contribution is 2.06. The SMILES string of the molecule is C[C@H](NC(=O)c1cccc(C(=O)N[C@@H](C)C(=O)NN)c1)C(=O)NN. The van der Waals surface area contributed by atoms with Crippen LogP contribution in [-0.2, 0) is 9.59 Å². The van der Waals surface area contributed by atoms with Crippen LogP contribution in [0.4, 0.5) is 0 Å². The first-order chi connectivity index (χ1) is 11.3. The van der Waals surface area contributed by atoms with E-state index in [0.717, 1.165) is 0 Å². The molecule has 0 spiro atoms. The Labute approximate surface area is 138 Å². The molecular formula is C14H20N6O4. The fourth-order valence-electron chi connectivity index (χ4n) is 1.74. The summed E-state index contributed by atoms with van der Waals surface area (Å²) in [6.45, 7) is 2.92. The van der Waals surface area contributed by atoms with Crippen molar-refractivity contribution in [1.29, 1.82) is 0 Å². The van der Waals surface area contributed by atoms with Crippen molar-refractivity contribution < 1.29 is 19.2 Å². The first-order valence-corrected chi connectivity index (χ1v) is 7.02. The molecule has 0 radical (unpaired) electrons. The summed E-state index contributed by atoms with van der Waals surface area (Å²) in [6.07, 6.45) is 0. The van der Waals surface area contributed by atoms with Gasteiger partial charge in [-0.25, -0.2) is 11.7 Å². The van der Waals surface area contributed by atoms with Crippen molar-refractivity contribution in [2.45, 2.75) is 25.9 Å². The van der Waals surface area contributed by atoms with Crippen molar-refractivity contribution in [3.05, 3.63) is 35.4 Å². The lowest BCUT2D eigenvalue weighted by Crippen LogP contribution is -2.47. The molecule has 0 aromatic heterocycles. The van der Waals surface area contributed by atoms with Crippen molar-refractivity contribution >= 4 is 23.6 Å². The molecule has 1 aromatic rings. The van der Waals surface area contributed by atoms with Crippen molar-refractivity contribution in [2.75, 3.05) is 0 Å². The average molecular weight is 336 g/mol. The van der Waals surface area contributed by atoms with Crippen LogP contribution in [0.3, 0.4) is 0 Å². The van der Waals surface area contributed by atoms with Crippen LogP contribution in [0.2, 0.25) is 0 Å². The number of nitrogens with one attached hydrogen (secondary N) is 4. The van der Waals surface area contributed by atoms with Gasteiger partial charge in [0, 0.05) is 11.1 Å². The van der Waals surface area contributed by atoms with E-state index in [0.29, 0.717) is 0 Å². The Morgan fingerprint density at radius 1 is 0.833 bits per heavy atom. The summed E-state index contributed by atoms with van der Waals surface area (Å²) in [7, 11) is 0. The van der Waals surface area contributed by atoms with Gasteiger partial charge in [0.1, 0.15) is 12.1 Å². The lowest BCUT2D eigenvalue weighted by Gasteiger charge is -2.14. The topological polar surface area (TPSA) is 168 Å². The minimum atomic E-state index is -0.840. The molecule has 4 amide bonds. The third-order valence-electron chi connectivity index (χ3n) is 3.15. The largest absolute Gasteiger partial charge is 0.340 e. The van der Waals surface area contributed by atoms with Crippen LogP contribution in [0.15, 0.2) is 24.3 Å². The molecule has 0 aliphatic carbocycles. The van der Waals surface area contributed by atoms with E-state index in [4.69, 9.17) is 11.7 Å². The monoisotopic (exact) mass is 336 g/mol. The molecule has 0 saturated carbocycles. The zero-order valence-corrected chi connectivity index (χ0v) is 13.3. The van der Waals surface area contributed by atoms with Crippen LogP contribution in [0.5, 0.6) is 0 Å². The lowest BCUT2D eigenvalue weighted by molar-refractivity contribution is -0.123. The van der Waals surface area contributed by atoms with E-state index in [1.807, 2.05) is 10.9 Å². The van der Waals surface area contributed by atoms with E-state index < -0.39 is 35.7 Å². The number of amides is 4. The Morgan fingerprint density at radius 3 is 1.54 bits per heavy atom. The summed E-state index contributed by atoms with van der Waals surface area (Å²) in [4.78, 5) is 46.8. The summed E-state index contributed by atoms with van der Waals surface area (Å²) < 4.78 is 0. The minimum absolute atomic E-state index is 0.176.